The maximum atomic E-state index is 11.8. The molecular weight excluding hydrogens is 306 g/mol. The lowest BCUT2D eigenvalue weighted by Crippen LogP contribution is -2.48. The summed E-state index contributed by atoms with van der Waals surface area (Å²) in [4.78, 5) is 11.8. The van der Waals surface area contributed by atoms with Gasteiger partial charge in [0, 0.05) is 17.5 Å². The predicted molar refractivity (Wildman–Crippen MR) is 89.0 cm³/mol. The highest BCUT2D eigenvalue weighted by atomic mass is 35.5. The lowest BCUT2D eigenvalue weighted by molar-refractivity contribution is -0.125. The molecule has 21 heavy (non-hydrogen) atoms. The molecule has 1 saturated carbocycles. The molecular formula is C15H20ClN3OS. The number of nitrogens with one attached hydrogen (secondary N) is 3. The van der Waals surface area contributed by atoms with Gasteiger partial charge in [0.25, 0.3) is 0 Å². The maximum absolute atomic E-state index is 11.8. The SMILES string of the molecule is O=C(NNC(=S)NCCc1ccc(Cl)cc1)C1CCCC1. The Morgan fingerprint density at radius 1 is 1.19 bits per heavy atom. The molecule has 1 aliphatic carbocycles. The Morgan fingerprint density at radius 2 is 1.86 bits per heavy atom. The summed E-state index contributed by atoms with van der Waals surface area (Å²) in [5.41, 5.74) is 6.61. The highest BCUT2D eigenvalue weighted by molar-refractivity contribution is 7.80. The molecule has 1 fully saturated rings. The van der Waals surface area contributed by atoms with Gasteiger partial charge in [0.05, 0.1) is 0 Å². The number of hydrogen-bond donors (Lipinski definition) is 3. The number of carbonyl (C=O) groups is 1. The van der Waals surface area contributed by atoms with Gasteiger partial charge < -0.3 is 5.32 Å². The number of hydrazine groups is 1. The van der Waals surface area contributed by atoms with E-state index in [1.807, 2.05) is 24.3 Å². The fourth-order valence-corrected chi connectivity index (χ4v) is 2.70. The third kappa shape index (κ3) is 5.52. The first-order chi connectivity index (χ1) is 10.1. The molecule has 0 heterocycles. The number of carbonyl (C=O) groups excluding carboxylic acids is 1. The molecule has 0 spiro atoms. The standard InChI is InChI=1S/C15H20ClN3OS/c16-13-7-5-11(6-8-13)9-10-17-15(21)19-18-14(20)12-3-1-2-4-12/h5-8,12H,1-4,9-10H2,(H,18,20)(H2,17,19,21). The number of benzene rings is 1. The normalized spacial score (nSPS) is 14.7. The summed E-state index contributed by atoms with van der Waals surface area (Å²) in [6, 6.07) is 7.72. The molecule has 0 unspecified atom stereocenters. The molecule has 6 heteroatoms. The molecule has 0 radical (unpaired) electrons. The fraction of sp³-hybridized carbons (Fsp3) is 0.467. The van der Waals surface area contributed by atoms with Crippen LogP contribution in [0.5, 0.6) is 0 Å². The molecule has 1 aliphatic rings. The monoisotopic (exact) mass is 325 g/mol. The van der Waals surface area contributed by atoms with Crippen LogP contribution in [0.15, 0.2) is 24.3 Å². The largest absolute Gasteiger partial charge is 0.361 e. The first-order valence-corrected chi connectivity index (χ1v) is 8.02. The second-order valence-electron chi connectivity index (χ2n) is 5.23. The van der Waals surface area contributed by atoms with E-state index >= 15 is 0 Å². The van der Waals surface area contributed by atoms with Crippen molar-refractivity contribution in [1.82, 2.24) is 16.2 Å². The molecule has 114 valence electrons. The smallest absolute Gasteiger partial charge is 0.241 e. The van der Waals surface area contributed by atoms with Crippen molar-refractivity contribution in [2.45, 2.75) is 32.1 Å². The second kappa shape index (κ2) is 8.20. The Labute approximate surface area is 135 Å². The summed E-state index contributed by atoms with van der Waals surface area (Å²) >= 11 is 11.0. The average molecular weight is 326 g/mol. The Morgan fingerprint density at radius 3 is 2.52 bits per heavy atom. The Bertz CT molecular complexity index is 486. The van der Waals surface area contributed by atoms with Gasteiger partial charge in [0.1, 0.15) is 0 Å². The average Bonchev–Trinajstić information content (AvgIpc) is 3.01. The zero-order chi connectivity index (χ0) is 15.1. The number of thiocarbonyl (C=S) groups is 1. The van der Waals surface area contributed by atoms with Crippen molar-refractivity contribution in [3.63, 3.8) is 0 Å². The van der Waals surface area contributed by atoms with Crippen molar-refractivity contribution in [2.75, 3.05) is 6.54 Å². The van der Waals surface area contributed by atoms with E-state index in [0.29, 0.717) is 11.7 Å². The van der Waals surface area contributed by atoms with Crippen molar-refractivity contribution in [3.05, 3.63) is 34.9 Å². The van der Waals surface area contributed by atoms with Gasteiger partial charge in [0.2, 0.25) is 5.91 Å². The van der Waals surface area contributed by atoms with Crippen LogP contribution in [-0.2, 0) is 11.2 Å². The Hall–Kier alpha value is -1.33. The quantitative estimate of drug-likeness (QED) is 0.588. The summed E-state index contributed by atoms with van der Waals surface area (Å²) in [5.74, 6) is 0.170. The number of halogens is 1. The van der Waals surface area contributed by atoms with Crippen LogP contribution in [0.1, 0.15) is 31.2 Å². The van der Waals surface area contributed by atoms with Crippen LogP contribution >= 0.6 is 23.8 Å². The van der Waals surface area contributed by atoms with Gasteiger partial charge in [0.15, 0.2) is 5.11 Å². The van der Waals surface area contributed by atoms with E-state index in [1.54, 1.807) is 0 Å². The van der Waals surface area contributed by atoms with Crippen LogP contribution in [0.3, 0.4) is 0 Å². The number of rotatable bonds is 4. The van der Waals surface area contributed by atoms with Gasteiger partial charge in [-0.3, -0.25) is 15.6 Å². The summed E-state index contributed by atoms with van der Waals surface area (Å²) < 4.78 is 0. The minimum absolute atomic E-state index is 0.0364. The van der Waals surface area contributed by atoms with Gasteiger partial charge in [-0.15, -0.1) is 0 Å². The van der Waals surface area contributed by atoms with Gasteiger partial charge >= 0.3 is 0 Å². The molecule has 0 saturated heterocycles. The van der Waals surface area contributed by atoms with Crippen molar-refractivity contribution < 1.29 is 4.79 Å². The van der Waals surface area contributed by atoms with Crippen LogP contribution in [0, 0.1) is 5.92 Å². The molecule has 3 N–H and O–H groups in total. The minimum atomic E-state index is 0.0364. The van der Waals surface area contributed by atoms with Crippen molar-refractivity contribution in [3.8, 4) is 0 Å². The van der Waals surface area contributed by atoms with E-state index < -0.39 is 0 Å². The lowest BCUT2D eigenvalue weighted by Gasteiger charge is -2.14. The van der Waals surface area contributed by atoms with Crippen LogP contribution in [0.25, 0.3) is 0 Å². The molecule has 0 bridgehead atoms. The molecule has 0 atom stereocenters. The van der Waals surface area contributed by atoms with Gasteiger partial charge in [-0.2, -0.15) is 0 Å². The van der Waals surface area contributed by atoms with E-state index in [2.05, 4.69) is 16.2 Å². The Kier molecular flexibility index (Phi) is 6.26. The van der Waals surface area contributed by atoms with Gasteiger partial charge in [-0.1, -0.05) is 36.6 Å². The highest BCUT2D eigenvalue weighted by Crippen LogP contribution is 2.24. The highest BCUT2D eigenvalue weighted by Gasteiger charge is 2.22. The number of amides is 1. The first kappa shape index (κ1) is 16.0. The molecule has 0 aliphatic heterocycles. The van der Waals surface area contributed by atoms with E-state index in [-0.39, 0.29) is 11.8 Å². The predicted octanol–water partition coefficient (Wildman–Crippen LogP) is 2.57. The molecule has 0 aromatic heterocycles. The fourth-order valence-electron chi connectivity index (χ4n) is 2.42. The van der Waals surface area contributed by atoms with E-state index in [9.17, 15) is 4.79 Å². The van der Waals surface area contributed by atoms with Crippen LogP contribution in [0.4, 0.5) is 0 Å². The van der Waals surface area contributed by atoms with E-state index in [1.165, 1.54) is 5.56 Å². The van der Waals surface area contributed by atoms with Gasteiger partial charge in [-0.05, 0) is 49.2 Å². The zero-order valence-electron chi connectivity index (χ0n) is 11.8. The summed E-state index contributed by atoms with van der Waals surface area (Å²) in [6.45, 7) is 0.701. The Balaban J connectivity index is 1.61. The van der Waals surface area contributed by atoms with Crippen molar-refractivity contribution in [2.24, 2.45) is 5.92 Å². The molecule has 2 rings (SSSR count). The molecule has 1 aromatic carbocycles. The summed E-state index contributed by atoms with van der Waals surface area (Å²) in [7, 11) is 0. The minimum Gasteiger partial charge on any atom is -0.361 e. The topological polar surface area (TPSA) is 53.2 Å². The van der Waals surface area contributed by atoms with Crippen molar-refractivity contribution in [1.29, 1.82) is 0 Å². The van der Waals surface area contributed by atoms with Crippen molar-refractivity contribution >= 4 is 34.8 Å². The second-order valence-corrected chi connectivity index (χ2v) is 6.07. The maximum Gasteiger partial charge on any atom is 0.241 e. The summed E-state index contributed by atoms with van der Waals surface area (Å²) in [6.07, 6.45) is 5.08. The first-order valence-electron chi connectivity index (χ1n) is 7.23. The zero-order valence-corrected chi connectivity index (χ0v) is 13.4. The molecule has 1 amide bonds. The van der Waals surface area contributed by atoms with Crippen LogP contribution < -0.4 is 16.2 Å². The number of hydrogen-bond acceptors (Lipinski definition) is 2. The molecule has 4 nitrogen and oxygen atoms in total. The lowest BCUT2D eigenvalue weighted by atomic mass is 10.1. The van der Waals surface area contributed by atoms with Gasteiger partial charge in [-0.25, -0.2) is 0 Å². The van der Waals surface area contributed by atoms with Crippen LogP contribution in [-0.4, -0.2) is 17.6 Å². The van der Waals surface area contributed by atoms with E-state index in [0.717, 1.165) is 37.1 Å². The van der Waals surface area contributed by atoms with E-state index in [4.69, 9.17) is 23.8 Å². The third-order valence-electron chi connectivity index (χ3n) is 3.64. The molecule has 1 aromatic rings. The third-order valence-corrected chi connectivity index (χ3v) is 4.14. The van der Waals surface area contributed by atoms with Crippen LogP contribution in [0.2, 0.25) is 5.02 Å². The summed E-state index contributed by atoms with van der Waals surface area (Å²) in [5, 5.41) is 4.24.